The number of aromatic nitrogens is 1. The first-order valence-corrected chi connectivity index (χ1v) is 6.70. The smallest absolute Gasteiger partial charge is 0.253 e. The first-order valence-electron chi connectivity index (χ1n) is 6.70. The highest BCUT2D eigenvalue weighted by molar-refractivity contribution is 5.99. The van der Waals surface area contributed by atoms with Crippen molar-refractivity contribution < 1.29 is 9.53 Å². The highest BCUT2D eigenvalue weighted by Gasteiger charge is 2.15. The largest absolute Gasteiger partial charge is 0.383 e. The number of amides is 1. The monoisotopic (exact) mass is 265 g/mol. The minimum Gasteiger partial charge on any atom is -0.383 e. The molecule has 0 aliphatic carbocycles. The molecule has 1 heterocycles. The average molecular weight is 265 g/mol. The van der Waals surface area contributed by atoms with Crippen LogP contribution in [-0.2, 0) is 4.74 Å². The first kappa shape index (κ1) is 15.4. The maximum atomic E-state index is 12.2. The van der Waals surface area contributed by atoms with E-state index in [1.165, 1.54) is 0 Å². The van der Waals surface area contributed by atoms with Crippen molar-refractivity contribution in [2.45, 2.75) is 32.7 Å². The summed E-state index contributed by atoms with van der Waals surface area (Å²) < 4.78 is 5.08. The quantitative estimate of drug-likeness (QED) is 0.755. The number of methoxy groups -OCH3 is 1. The van der Waals surface area contributed by atoms with Gasteiger partial charge in [0.05, 0.1) is 30.1 Å². The zero-order valence-electron chi connectivity index (χ0n) is 11.9. The lowest BCUT2D eigenvalue weighted by molar-refractivity contribution is 0.0895. The number of carbonyl (C=O) groups is 1. The van der Waals surface area contributed by atoms with Crippen molar-refractivity contribution in [1.82, 2.24) is 10.3 Å². The lowest BCUT2D eigenvalue weighted by atomic mass is 10.1. The SMILES string of the molecule is CCCNc1cnccc1C(=O)NC(CC)COC. The summed E-state index contributed by atoms with van der Waals surface area (Å²) in [4.78, 5) is 16.3. The van der Waals surface area contributed by atoms with Gasteiger partial charge in [-0.1, -0.05) is 13.8 Å². The molecule has 1 unspecified atom stereocenters. The molecule has 0 saturated carbocycles. The minimum atomic E-state index is -0.0927. The van der Waals surface area contributed by atoms with Crippen molar-refractivity contribution >= 4 is 11.6 Å². The summed E-state index contributed by atoms with van der Waals surface area (Å²) in [5.74, 6) is -0.0927. The summed E-state index contributed by atoms with van der Waals surface area (Å²) in [6.45, 7) is 5.44. The van der Waals surface area contributed by atoms with Crippen LogP contribution in [0.4, 0.5) is 5.69 Å². The number of anilines is 1. The molecule has 2 N–H and O–H groups in total. The normalized spacial score (nSPS) is 11.9. The van der Waals surface area contributed by atoms with Crippen LogP contribution >= 0.6 is 0 Å². The summed E-state index contributed by atoms with van der Waals surface area (Å²) in [6.07, 6.45) is 5.14. The molecule has 0 fully saturated rings. The predicted octanol–water partition coefficient (Wildman–Crippen LogP) is 2.06. The zero-order chi connectivity index (χ0) is 14.1. The summed E-state index contributed by atoms with van der Waals surface area (Å²) in [7, 11) is 1.63. The Morgan fingerprint density at radius 3 is 2.89 bits per heavy atom. The number of hydrogen-bond donors (Lipinski definition) is 2. The van der Waals surface area contributed by atoms with E-state index in [0.717, 1.165) is 25.1 Å². The molecule has 0 aromatic carbocycles. The minimum absolute atomic E-state index is 0.0321. The summed E-state index contributed by atoms with van der Waals surface area (Å²) in [6, 6.07) is 1.76. The fourth-order valence-electron chi connectivity index (χ4n) is 1.72. The molecule has 1 rings (SSSR count). The molecule has 1 aromatic rings. The van der Waals surface area contributed by atoms with Crippen molar-refractivity contribution in [2.75, 3.05) is 25.6 Å². The van der Waals surface area contributed by atoms with E-state index < -0.39 is 0 Å². The van der Waals surface area contributed by atoms with E-state index in [0.29, 0.717) is 12.2 Å². The second-order valence-corrected chi connectivity index (χ2v) is 4.38. The highest BCUT2D eigenvalue weighted by atomic mass is 16.5. The molecule has 1 atom stereocenters. The molecule has 0 bridgehead atoms. The summed E-state index contributed by atoms with van der Waals surface area (Å²) in [5, 5.41) is 6.18. The Hall–Kier alpha value is -1.62. The topological polar surface area (TPSA) is 63.2 Å². The molecule has 0 spiro atoms. The van der Waals surface area contributed by atoms with Gasteiger partial charge < -0.3 is 15.4 Å². The molecule has 19 heavy (non-hydrogen) atoms. The molecular formula is C14H23N3O2. The van der Waals surface area contributed by atoms with Gasteiger partial charge in [0.25, 0.3) is 5.91 Å². The Balaban J connectivity index is 2.75. The number of carbonyl (C=O) groups excluding carboxylic acids is 1. The van der Waals surface area contributed by atoms with Crippen LogP contribution in [0.5, 0.6) is 0 Å². The number of nitrogens with zero attached hydrogens (tertiary/aromatic N) is 1. The number of ether oxygens (including phenoxy) is 1. The van der Waals surface area contributed by atoms with E-state index in [2.05, 4.69) is 22.5 Å². The van der Waals surface area contributed by atoms with E-state index in [4.69, 9.17) is 4.74 Å². The standard InChI is InChI=1S/C14H23N3O2/c1-4-7-16-13-9-15-8-6-12(13)14(18)17-11(5-2)10-19-3/h6,8-9,11,16H,4-5,7,10H2,1-3H3,(H,17,18). The van der Waals surface area contributed by atoms with Gasteiger partial charge in [-0.25, -0.2) is 0 Å². The van der Waals surface area contributed by atoms with E-state index in [1.807, 2.05) is 6.92 Å². The number of nitrogens with one attached hydrogen (secondary N) is 2. The average Bonchev–Trinajstić information content (AvgIpc) is 2.44. The van der Waals surface area contributed by atoms with Crippen LogP contribution in [-0.4, -0.2) is 37.2 Å². The van der Waals surface area contributed by atoms with Crippen LogP contribution in [0.15, 0.2) is 18.5 Å². The van der Waals surface area contributed by atoms with Gasteiger partial charge in [-0.15, -0.1) is 0 Å². The van der Waals surface area contributed by atoms with Gasteiger partial charge in [-0.05, 0) is 18.9 Å². The molecule has 106 valence electrons. The zero-order valence-corrected chi connectivity index (χ0v) is 11.9. The van der Waals surface area contributed by atoms with Crippen molar-refractivity contribution in [3.05, 3.63) is 24.0 Å². The van der Waals surface area contributed by atoms with E-state index >= 15 is 0 Å². The maximum absolute atomic E-state index is 12.2. The fraction of sp³-hybridized carbons (Fsp3) is 0.571. The molecule has 0 radical (unpaired) electrons. The van der Waals surface area contributed by atoms with Gasteiger partial charge in [0.1, 0.15) is 0 Å². The number of pyridine rings is 1. The summed E-state index contributed by atoms with van der Waals surface area (Å²) >= 11 is 0. The van der Waals surface area contributed by atoms with Gasteiger partial charge in [0.15, 0.2) is 0 Å². The highest BCUT2D eigenvalue weighted by Crippen LogP contribution is 2.13. The van der Waals surface area contributed by atoms with Crippen LogP contribution < -0.4 is 10.6 Å². The Labute approximate surface area is 114 Å². The summed E-state index contributed by atoms with van der Waals surface area (Å²) in [5.41, 5.74) is 1.40. The Morgan fingerprint density at radius 1 is 1.47 bits per heavy atom. The molecular weight excluding hydrogens is 242 g/mol. The van der Waals surface area contributed by atoms with Crippen molar-refractivity contribution in [3.63, 3.8) is 0 Å². The lowest BCUT2D eigenvalue weighted by Crippen LogP contribution is -2.37. The molecule has 1 aromatic heterocycles. The fourth-order valence-corrected chi connectivity index (χ4v) is 1.72. The number of hydrogen-bond acceptors (Lipinski definition) is 4. The van der Waals surface area contributed by atoms with Gasteiger partial charge in [-0.3, -0.25) is 9.78 Å². The molecule has 0 aliphatic rings. The van der Waals surface area contributed by atoms with E-state index in [1.54, 1.807) is 25.6 Å². The third kappa shape index (κ3) is 4.87. The van der Waals surface area contributed by atoms with Crippen LogP contribution in [0.2, 0.25) is 0 Å². The molecule has 5 nitrogen and oxygen atoms in total. The third-order valence-corrected chi connectivity index (χ3v) is 2.83. The van der Waals surface area contributed by atoms with Crippen LogP contribution in [0, 0.1) is 0 Å². The van der Waals surface area contributed by atoms with E-state index in [9.17, 15) is 4.79 Å². The lowest BCUT2D eigenvalue weighted by Gasteiger charge is -2.17. The molecule has 0 saturated heterocycles. The van der Waals surface area contributed by atoms with E-state index in [-0.39, 0.29) is 11.9 Å². The second-order valence-electron chi connectivity index (χ2n) is 4.38. The third-order valence-electron chi connectivity index (χ3n) is 2.83. The van der Waals surface area contributed by atoms with Gasteiger partial charge in [-0.2, -0.15) is 0 Å². The van der Waals surface area contributed by atoms with Crippen molar-refractivity contribution in [1.29, 1.82) is 0 Å². The first-order chi connectivity index (χ1) is 9.22. The van der Waals surface area contributed by atoms with Gasteiger partial charge >= 0.3 is 0 Å². The number of rotatable bonds is 8. The van der Waals surface area contributed by atoms with Gasteiger partial charge in [0, 0.05) is 19.9 Å². The van der Waals surface area contributed by atoms with Crippen LogP contribution in [0.25, 0.3) is 0 Å². The molecule has 0 aliphatic heterocycles. The van der Waals surface area contributed by atoms with Gasteiger partial charge in [0.2, 0.25) is 0 Å². The predicted molar refractivity (Wildman–Crippen MR) is 76.4 cm³/mol. The Kier molecular flexibility index (Phi) is 6.89. The van der Waals surface area contributed by atoms with Crippen LogP contribution in [0.3, 0.4) is 0 Å². The molecule has 1 amide bonds. The van der Waals surface area contributed by atoms with Crippen molar-refractivity contribution in [2.24, 2.45) is 0 Å². The Bertz CT molecular complexity index is 396. The van der Waals surface area contributed by atoms with Crippen LogP contribution in [0.1, 0.15) is 37.0 Å². The maximum Gasteiger partial charge on any atom is 0.253 e. The van der Waals surface area contributed by atoms with Crippen molar-refractivity contribution in [3.8, 4) is 0 Å². The second kappa shape index (κ2) is 8.48. The molecule has 5 heteroatoms. The Morgan fingerprint density at radius 2 is 2.26 bits per heavy atom.